The first-order valence-corrected chi connectivity index (χ1v) is 5.91. The van der Waals surface area contributed by atoms with Gasteiger partial charge >= 0.3 is 11.7 Å². The van der Waals surface area contributed by atoms with Crippen molar-refractivity contribution in [3.05, 3.63) is 34.3 Å². The van der Waals surface area contributed by atoms with Crippen LogP contribution in [-0.2, 0) is 19.7 Å². The number of benzene rings is 1. The Kier molecular flexibility index (Phi) is 2.67. The Labute approximate surface area is 108 Å². The smallest absolute Gasteiger partial charge is 0.417 e. The van der Waals surface area contributed by atoms with Crippen LogP contribution >= 0.6 is 0 Å². The van der Waals surface area contributed by atoms with Crippen LogP contribution in [0.25, 0.3) is 11.1 Å². The van der Waals surface area contributed by atoms with Gasteiger partial charge in [0.25, 0.3) is 0 Å². The van der Waals surface area contributed by atoms with Gasteiger partial charge in [0.1, 0.15) is 0 Å². The molecule has 100 valence electrons. The average Bonchev–Trinajstić information content (AvgIpc) is 2.72. The lowest BCUT2D eigenvalue weighted by molar-refractivity contribution is -0.148. The molecule has 6 heteroatoms. The molecule has 3 rings (SSSR count). The maximum atomic E-state index is 11.5. The topological polar surface area (TPSA) is 81.5 Å². The van der Waals surface area contributed by atoms with Gasteiger partial charge in [0.15, 0.2) is 5.58 Å². The second-order valence-electron chi connectivity index (χ2n) is 4.75. The first kappa shape index (κ1) is 12.0. The van der Waals surface area contributed by atoms with E-state index in [1.165, 1.54) is 7.11 Å². The zero-order valence-corrected chi connectivity index (χ0v) is 10.4. The lowest BCUT2D eigenvalue weighted by Crippen LogP contribution is -2.48. The van der Waals surface area contributed by atoms with Crippen molar-refractivity contribution in [2.24, 2.45) is 0 Å². The van der Waals surface area contributed by atoms with Crippen LogP contribution in [0.5, 0.6) is 0 Å². The van der Waals surface area contributed by atoms with E-state index in [0.717, 1.165) is 5.56 Å². The van der Waals surface area contributed by atoms with Crippen molar-refractivity contribution in [1.82, 2.24) is 4.98 Å². The molecule has 1 aliphatic heterocycles. The standard InChI is InChI=1S/C13H13NO5/c1-17-11(15)5-13(6-18-7-13)8-2-3-9-10(4-8)19-12(16)14-9/h2-4H,5-7H2,1H3,(H,14,16). The summed E-state index contributed by atoms with van der Waals surface area (Å²) < 4.78 is 15.0. The number of rotatable bonds is 3. The van der Waals surface area contributed by atoms with E-state index in [1.807, 2.05) is 6.07 Å². The van der Waals surface area contributed by atoms with Crippen molar-refractivity contribution >= 4 is 17.1 Å². The highest BCUT2D eigenvalue weighted by atomic mass is 16.5. The first-order valence-electron chi connectivity index (χ1n) is 5.91. The van der Waals surface area contributed by atoms with Gasteiger partial charge in [0, 0.05) is 0 Å². The summed E-state index contributed by atoms with van der Waals surface area (Å²) in [5.41, 5.74) is 1.66. The number of esters is 1. The van der Waals surface area contributed by atoms with Crippen LogP contribution in [0.4, 0.5) is 0 Å². The lowest BCUT2D eigenvalue weighted by Gasteiger charge is -2.41. The molecule has 6 nitrogen and oxygen atoms in total. The summed E-state index contributed by atoms with van der Waals surface area (Å²) in [5, 5.41) is 0. The number of aromatic nitrogens is 1. The summed E-state index contributed by atoms with van der Waals surface area (Å²) in [6.07, 6.45) is 0.254. The molecule has 0 amide bonds. The normalized spacial score (nSPS) is 17.1. The van der Waals surface area contributed by atoms with Crippen molar-refractivity contribution in [1.29, 1.82) is 0 Å². The summed E-state index contributed by atoms with van der Waals surface area (Å²) >= 11 is 0. The number of nitrogens with one attached hydrogen (secondary N) is 1. The summed E-state index contributed by atoms with van der Waals surface area (Å²) in [5.74, 6) is -0.766. The molecule has 0 atom stereocenters. The van der Waals surface area contributed by atoms with E-state index in [0.29, 0.717) is 24.3 Å². The molecular weight excluding hydrogens is 250 g/mol. The Morgan fingerprint density at radius 3 is 2.89 bits per heavy atom. The molecule has 1 saturated heterocycles. The Bertz CT molecular complexity index is 680. The van der Waals surface area contributed by atoms with E-state index in [-0.39, 0.29) is 17.8 Å². The van der Waals surface area contributed by atoms with Crippen LogP contribution in [0.1, 0.15) is 12.0 Å². The third kappa shape index (κ3) is 1.94. The number of aromatic amines is 1. The zero-order valence-electron chi connectivity index (χ0n) is 10.4. The Balaban J connectivity index is 2.01. The van der Waals surface area contributed by atoms with Crippen molar-refractivity contribution in [3.8, 4) is 0 Å². The fourth-order valence-electron chi connectivity index (χ4n) is 2.34. The van der Waals surface area contributed by atoms with Crippen LogP contribution < -0.4 is 5.76 Å². The highest BCUT2D eigenvalue weighted by molar-refractivity contribution is 5.75. The predicted octanol–water partition coefficient (Wildman–Crippen LogP) is 0.952. The van der Waals surface area contributed by atoms with Gasteiger partial charge in [-0.25, -0.2) is 4.79 Å². The van der Waals surface area contributed by atoms with Gasteiger partial charge in [-0.15, -0.1) is 0 Å². The maximum absolute atomic E-state index is 11.5. The number of oxazole rings is 1. The maximum Gasteiger partial charge on any atom is 0.417 e. The van der Waals surface area contributed by atoms with Crippen molar-refractivity contribution in [3.63, 3.8) is 0 Å². The average molecular weight is 263 g/mol. The quantitative estimate of drug-likeness (QED) is 0.834. The second kappa shape index (κ2) is 4.24. The van der Waals surface area contributed by atoms with E-state index in [2.05, 4.69) is 4.98 Å². The number of hydrogen-bond acceptors (Lipinski definition) is 5. The van der Waals surface area contributed by atoms with E-state index >= 15 is 0 Å². The van der Waals surface area contributed by atoms with Gasteiger partial charge in [-0.3, -0.25) is 9.78 Å². The summed E-state index contributed by atoms with van der Waals surface area (Å²) in [6, 6.07) is 5.42. The number of ether oxygens (including phenoxy) is 2. The van der Waals surface area contributed by atoms with Crippen molar-refractivity contribution in [2.45, 2.75) is 11.8 Å². The lowest BCUT2D eigenvalue weighted by atomic mass is 9.76. The highest BCUT2D eigenvalue weighted by Gasteiger charge is 2.42. The number of hydrogen-bond donors (Lipinski definition) is 1. The van der Waals surface area contributed by atoms with Gasteiger partial charge in [0.2, 0.25) is 0 Å². The fourth-order valence-corrected chi connectivity index (χ4v) is 2.34. The molecule has 0 saturated carbocycles. The van der Waals surface area contributed by atoms with Gasteiger partial charge in [0.05, 0.1) is 37.7 Å². The van der Waals surface area contributed by atoms with E-state index in [1.54, 1.807) is 12.1 Å². The Morgan fingerprint density at radius 1 is 1.47 bits per heavy atom. The van der Waals surface area contributed by atoms with Crippen LogP contribution in [-0.4, -0.2) is 31.3 Å². The van der Waals surface area contributed by atoms with Crippen molar-refractivity contribution < 1.29 is 18.7 Å². The van der Waals surface area contributed by atoms with Gasteiger partial charge < -0.3 is 13.9 Å². The van der Waals surface area contributed by atoms with Crippen molar-refractivity contribution in [2.75, 3.05) is 20.3 Å². The summed E-state index contributed by atoms with van der Waals surface area (Å²) in [7, 11) is 1.37. The molecule has 19 heavy (non-hydrogen) atoms. The van der Waals surface area contributed by atoms with E-state index in [9.17, 15) is 9.59 Å². The molecule has 0 radical (unpaired) electrons. The van der Waals surface area contributed by atoms with Crippen LogP contribution in [0.15, 0.2) is 27.4 Å². The van der Waals surface area contributed by atoms with Crippen LogP contribution in [0, 0.1) is 0 Å². The number of carbonyl (C=O) groups excluding carboxylic acids is 1. The van der Waals surface area contributed by atoms with Crippen LogP contribution in [0.2, 0.25) is 0 Å². The minimum absolute atomic E-state index is 0.254. The number of fused-ring (bicyclic) bond motifs is 1. The largest absolute Gasteiger partial charge is 0.469 e. The highest BCUT2D eigenvalue weighted by Crippen LogP contribution is 2.37. The van der Waals surface area contributed by atoms with E-state index < -0.39 is 5.76 Å². The number of carbonyl (C=O) groups is 1. The molecule has 1 N–H and O–H groups in total. The predicted molar refractivity (Wildman–Crippen MR) is 66.0 cm³/mol. The zero-order chi connectivity index (χ0) is 13.5. The molecular formula is C13H13NO5. The third-order valence-corrected chi connectivity index (χ3v) is 3.50. The molecule has 2 heterocycles. The minimum Gasteiger partial charge on any atom is -0.469 e. The molecule has 1 fully saturated rings. The Morgan fingerprint density at radius 2 is 2.26 bits per heavy atom. The first-order chi connectivity index (χ1) is 9.13. The molecule has 1 aliphatic rings. The fraction of sp³-hybridized carbons (Fsp3) is 0.385. The molecule has 1 aromatic carbocycles. The number of methoxy groups -OCH3 is 1. The molecule has 0 spiro atoms. The molecule has 1 aromatic heterocycles. The summed E-state index contributed by atoms with van der Waals surface area (Å²) in [4.78, 5) is 25.2. The van der Waals surface area contributed by atoms with E-state index in [4.69, 9.17) is 13.9 Å². The SMILES string of the molecule is COC(=O)CC1(c2ccc3[nH]c(=O)oc3c2)COC1. The van der Waals surface area contributed by atoms with Gasteiger partial charge in [-0.05, 0) is 17.7 Å². The number of H-pyrrole nitrogens is 1. The third-order valence-electron chi connectivity index (χ3n) is 3.50. The second-order valence-corrected chi connectivity index (χ2v) is 4.75. The minimum atomic E-state index is -0.487. The van der Waals surface area contributed by atoms with Gasteiger partial charge in [-0.2, -0.15) is 0 Å². The van der Waals surface area contributed by atoms with Gasteiger partial charge in [-0.1, -0.05) is 6.07 Å². The molecule has 0 aliphatic carbocycles. The molecule has 0 bridgehead atoms. The monoisotopic (exact) mass is 263 g/mol. The Hall–Kier alpha value is -2.08. The summed E-state index contributed by atoms with van der Waals surface area (Å²) in [6.45, 7) is 0.921. The van der Waals surface area contributed by atoms with Crippen LogP contribution in [0.3, 0.4) is 0 Å². The molecule has 2 aromatic rings. The molecule has 0 unspecified atom stereocenters.